The first-order valence-electron chi connectivity index (χ1n) is 5.35. The molecule has 0 aliphatic carbocycles. The van der Waals surface area contributed by atoms with Crippen molar-refractivity contribution in [1.29, 1.82) is 5.26 Å². The molecule has 1 aromatic carbocycles. The third-order valence-corrected chi connectivity index (χ3v) is 2.84. The fourth-order valence-corrected chi connectivity index (χ4v) is 1.47. The Balaban J connectivity index is 2.46. The van der Waals surface area contributed by atoms with Crippen LogP contribution in [0.25, 0.3) is 0 Å². The van der Waals surface area contributed by atoms with Crippen LogP contribution in [0.2, 0.25) is 0 Å². The molecule has 1 aromatic rings. The number of rotatable bonds is 4. The molecule has 0 aromatic heterocycles. The summed E-state index contributed by atoms with van der Waals surface area (Å²) in [4.78, 5) is 11.6. The van der Waals surface area contributed by atoms with Gasteiger partial charge in [0.15, 0.2) is 0 Å². The van der Waals surface area contributed by atoms with Crippen LogP contribution in [0.5, 0.6) is 0 Å². The third kappa shape index (κ3) is 5.01. The number of hydrogen-bond donors (Lipinski definition) is 1. The number of hydrogen-bond acceptors (Lipinski definition) is 2. The molecule has 1 N–H and O–H groups in total. The van der Waals surface area contributed by atoms with Crippen LogP contribution in [-0.4, -0.2) is 12.5 Å². The molecular formula is C13H15BrN2O. The lowest BCUT2D eigenvalue weighted by Gasteiger charge is -2.15. The zero-order valence-electron chi connectivity index (χ0n) is 9.96. The number of carbonyl (C=O) groups excluding carboxylic acids is 1. The number of halogens is 1. The molecule has 0 spiro atoms. The second-order valence-electron chi connectivity index (χ2n) is 4.58. The Kier molecular flexibility index (Phi) is 4.71. The van der Waals surface area contributed by atoms with E-state index in [1.54, 1.807) is 13.8 Å². The van der Waals surface area contributed by atoms with E-state index in [1.807, 2.05) is 24.3 Å². The van der Waals surface area contributed by atoms with Gasteiger partial charge >= 0.3 is 0 Å². The lowest BCUT2D eigenvalue weighted by Crippen LogP contribution is -2.34. The summed E-state index contributed by atoms with van der Waals surface area (Å²) in [6.45, 7) is 3.97. The summed E-state index contributed by atoms with van der Waals surface area (Å²) >= 11 is 3.34. The van der Waals surface area contributed by atoms with Gasteiger partial charge in [0.25, 0.3) is 0 Å². The van der Waals surface area contributed by atoms with Crippen LogP contribution in [0, 0.1) is 16.7 Å². The fourth-order valence-electron chi connectivity index (χ4n) is 1.21. The van der Waals surface area contributed by atoms with Gasteiger partial charge in [0, 0.05) is 11.0 Å². The zero-order valence-corrected chi connectivity index (χ0v) is 11.5. The number of carbonyl (C=O) groups is 1. The first-order chi connectivity index (χ1) is 7.93. The van der Waals surface area contributed by atoms with Gasteiger partial charge in [0.1, 0.15) is 0 Å². The van der Waals surface area contributed by atoms with Crippen LogP contribution in [0.1, 0.15) is 19.4 Å². The van der Waals surface area contributed by atoms with Crippen molar-refractivity contribution >= 4 is 21.8 Å². The number of nitrogens with zero attached hydrogens (tertiary/aromatic N) is 1. The van der Waals surface area contributed by atoms with Gasteiger partial charge in [-0.05, 0) is 31.5 Å². The topological polar surface area (TPSA) is 52.9 Å². The first-order valence-corrected chi connectivity index (χ1v) is 6.15. The molecule has 0 aliphatic heterocycles. The molecule has 1 rings (SSSR count). The molecule has 0 saturated carbocycles. The quantitative estimate of drug-likeness (QED) is 0.928. The molecule has 90 valence electrons. The monoisotopic (exact) mass is 294 g/mol. The molecule has 4 heteroatoms. The Morgan fingerprint density at radius 3 is 2.53 bits per heavy atom. The minimum atomic E-state index is -0.518. The van der Waals surface area contributed by atoms with Crippen molar-refractivity contribution < 1.29 is 4.79 Å². The van der Waals surface area contributed by atoms with E-state index < -0.39 is 5.41 Å². The van der Waals surface area contributed by atoms with Crippen LogP contribution in [0.15, 0.2) is 28.7 Å². The van der Waals surface area contributed by atoms with Crippen LogP contribution in [-0.2, 0) is 11.2 Å². The predicted octanol–water partition coefficient (Wildman–Crippen LogP) is 2.66. The normalized spacial score (nSPS) is 10.7. The SMILES string of the molecule is CC(C)(C#N)CNC(=O)Cc1ccc(Br)cc1. The Hall–Kier alpha value is -1.34. The molecule has 0 heterocycles. The Bertz CT molecular complexity index is 432. The minimum absolute atomic E-state index is 0.0596. The van der Waals surface area contributed by atoms with Crippen LogP contribution in [0.3, 0.4) is 0 Å². The third-order valence-electron chi connectivity index (χ3n) is 2.31. The maximum absolute atomic E-state index is 11.6. The van der Waals surface area contributed by atoms with Crippen molar-refractivity contribution in [2.24, 2.45) is 5.41 Å². The maximum atomic E-state index is 11.6. The number of nitrogens with one attached hydrogen (secondary N) is 1. The van der Waals surface area contributed by atoms with Crippen molar-refractivity contribution in [1.82, 2.24) is 5.32 Å². The molecule has 1 amide bonds. The van der Waals surface area contributed by atoms with Crippen molar-refractivity contribution in [3.05, 3.63) is 34.3 Å². The van der Waals surface area contributed by atoms with E-state index >= 15 is 0 Å². The molecule has 0 radical (unpaired) electrons. The van der Waals surface area contributed by atoms with Crippen molar-refractivity contribution in [3.8, 4) is 6.07 Å². The Morgan fingerprint density at radius 1 is 1.41 bits per heavy atom. The molecule has 0 aliphatic rings. The summed E-state index contributed by atoms with van der Waals surface area (Å²) in [6, 6.07) is 9.76. The van der Waals surface area contributed by atoms with Gasteiger partial charge in [0.05, 0.1) is 17.9 Å². The van der Waals surface area contributed by atoms with E-state index in [4.69, 9.17) is 5.26 Å². The van der Waals surface area contributed by atoms with E-state index in [0.717, 1.165) is 10.0 Å². The van der Waals surface area contributed by atoms with Crippen LogP contribution < -0.4 is 5.32 Å². The molecule has 0 atom stereocenters. The summed E-state index contributed by atoms with van der Waals surface area (Å²) < 4.78 is 0.993. The second kappa shape index (κ2) is 5.83. The number of benzene rings is 1. The van der Waals surface area contributed by atoms with Gasteiger partial charge in [-0.3, -0.25) is 4.79 Å². The van der Waals surface area contributed by atoms with Gasteiger partial charge in [-0.25, -0.2) is 0 Å². The summed E-state index contributed by atoms with van der Waals surface area (Å²) in [5.74, 6) is -0.0596. The van der Waals surface area contributed by atoms with E-state index in [-0.39, 0.29) is 5.91 Å². The molecule has 0 unspecified atom stereocenters. The first kappa shape index (κ1) is 13.7. The zero-order chi connectivity index (χ0) is 12.9. The van der Waals surface area contributed by atoms with Gasteiger partial charge in [0.2, 0.25) is 5.91 Å². The summed E-state index contributed by atoms with van der Waals surface area (Å²) in [7, 11) is 0. The van der Waals surface area contributed by atoms with Crippen LogP contribution in [0.4, 0.5) is 0 Å². The van der Waals surface area contributed by atoms with Gasteiger partial charge in [-0.2, -0.15) is 5.26 Å². The standard InChI is InChI=1S/C13H15BrN2O/c1-13(2,8-15)9-16-12(17)7-10-3-5-11(14)6-4-10/h3-6H,7,9H2,1-2H3,(H,16,17). The lowest BCUT2D eigenvalue weighted by molar-refractivity contribution is -0.120. The summed E-state index contributed by atoms with van der Waals surface area (Å²) in [5, 5.41) is 11.6. The van der Waals surface area contributed by atoms with E-state index in [0.29, 0.717) is 13.0 Å². The van der Waals surface area contributed by atoms with E-state index in [9.17, 15) is 4.79 Å². The molecule has 0 saturated heterocycles. The molecular weight excluding hydrogens is 280 g/mol. The fraction of sp³-hybridized carbons (Fsp3) is 0.385. The van der Waals surface area contributed by atoms with Crippen molar-refractivity contribution in [3.63, 3.8) is 0 Å². The maximum Gasteiger partial charge on any atom is 0.224 e. The smallest absolute Gasteiger partial charge is 0.224 e. The lowest BCUT2D eigenvalue weighted by atomic mass is 9.96. The average Bonchev–Trinajstić information content (AvgIpc) is 2.30. The Morgan fingerprint density at radius 2 is 2.00 bits per heavy atom. The predicted molar refractivity (Wildman–Crippen MR) is 70.2 cm³/mol. The minimum Gasteiger partial charge on any atom is -0.354 e. The van der Waals surface area contributed by atoms with E-state index in [1.165, 1.54) is 0 Å². The highest BCUT2D eigenvalue weighted by Gasteiger charge is 2.17. The molecule has 0 bridgehead atoms. The molecule has 17 heavy (non-hydrogen) atoms. The second-order valence-corrected chi connectivity index (χ2v) is 5.49. The van der Waals surface area contributed by atoms with Gasteiger partial charge in [-0.15, -0.1) is 0 Å². The highest BCUT2D eigenvalue weighted by Crippen LogP contribution is 2.12. The number of amides is 1. The average molecular weight is 295 g/mol. The van der Waals surface area contributed by atoms with Crippen molar-refractivity contribution in [2.75, 3.05) is 6.54 Å². The highest BCUT2D eigenvalue weighted by atomic mass is 79.9. The van der Waals surface area contributed by atoms with Crippen molar-refractivity contribution in [2.45, 2.75) is 20.3 Å². The Labute approximate surface area is 110 Å². The van der Waals surface area contributed by atoms with Crippen LogP contribution >= 0.6 is 15.9 Å². The largest absolute Gasteiger partial charge is 0.354 e. The highest BCUT2D eigenvalue weighted by molar-refractivity contribution is 9.10. The molecule has 3 nitrogen and oxygen atoms in total. The summed E-state index contributed by atoms with van der Waals surface area (Å²) in [6.07, 6.45) is 0.342. The van der Waals surface area contributed by atoms with Gasteiger partial charge in [-0.1, -0.05) is 28.1 Å². The van der Waals surface area contributed by atoms with Gasteiger partial charge < -0.3 is 5.32 Å². The number of nitriles is 1. The van der Waals surface area contributed by atoms with E-state index in [2.05, 4.69) is 27.3 Å². The molecule has 0 fully saturated rings. The summed E-state index contributed by atoms with van der Waals surface area (Å²) in [5.41, 5.74) is 0.440.